The first kappa shape index (κ1) is 18.7. The van der Waals surface area contributed by atoms with Crippen LogP contribution in [-0.2, 0) is 0 Å². The van der Waals surface area contributed by atoms with Gasteiger partial charge in [-0.15, -0.1) is 10.2 Å². The number of thioether (sulfide) groups is 1. The first-order valence-corrected chi connectivity index (χ1v) is 10.8. The van der Waals surface area contributed by atoms with E-state index in [0.29, 0.717) is 11.1 Å². The number of hydrogen-bond acceptors (Lipinski definition) is 5. The summed E-state index contributed by atoms with van der Waals surface area (Å²) in [6.45, 7) is 0. The van der Waals surface area contributed by atoms with Crippen LogP contribution >= 0.6 is 27.7 Å². The molecule has 1 saturated carbocycles. The maximum atomic E-state index is 13.7. The van der Waals surface area contributed by atoms with Crippen molar-refractivity contribution in [2.45, 2.75) is 35.2 Å². The van der Waals surface area contributed by atoms with Crippen molar-refractivity contribution < 1.29 is 13.6 Å². The Bertz CT molecular complexity index is 1100. The second-order valence-corrected chi connectivity index (χ2v) is 9.16. The average Bonchev–Trinajstić information content (AvgIpc) is 3.48. The van der Waals surface area contributed by atoms with Gasteiger partial charge in [0.25, 0.3) is 0 Å². The summed E-state index contributed by atoms with van der Waals surface area (Å²) in [7, 11) is 0. The quantitative estimate of drug-likeness (QED) is 0.546. The van der Waals surface area contributed by atoms with Gasteiger partial charge < -0.3 is 5.43 Å². The highest BCUT2D eigenvalue weighted by atomic mass is 79.9. The van der Waals surface area contributed by atoms with Gasteiger partial charge in [-0.25, -0.2) is 13.5 Å². The molecule has 29 heavy (non-hydrogen) atoms. The predicted molar refractivity (Wildman–Crippen MR) is 109 cm³/mol. The number of nitrogens with one attached hydrogen (secondary N) is 1. The van der Waals surface area contributed by atoms with Gasteiger partial charge in [0.1, 0.15) is 5.25 Å². The molecule has 1 aliphatic heterocycles. The second kappa shape index (κ2) is 7.21. The summed E-state index contributed by atoms with van der Waals surface area (Å²) >= 11 is 4.72. The van der Waals surface area contributed by atoms with Gasteiger partial charge in [-0.2, -0.15) is 0 Å². The Morgan fingerprint density at radius 2 is 1.86 bits per heavy atom. The second-order valence-electron chi connectivity index (χ2n) is 7.14. The Morgan fingerprint density at radius 1 is 1.10 bits per heavy atom. The minimum Gasteiger partial charge on any atom is -0.313 e. The van der Waals surface area contributed by atoms with Crippen molar-refractivity contribution in [2.24, 2.45) is 0 Å². The first-order valence-electron chi connectivity index (χ1n) is 9.14. The van der Waals surface area contributed by atoms with Crippen LogP contribution in [0.2, 0.25) is 0 Å². The van der Waals surface area contributed by atoms with Crippen molar-refractivity contribution in [3.63, 3.8) is 0 Å². The van der Waals surface area contributed by atoms with E-state index in [2.05, 4.69) is 31.6 Å². The maximum Gasteiger partial charge on any atom is 0.210 e. The fourth-order valence-corrected chi connectivity index (χ4v) is 4.84. The molecule has 1 N–H and O–H groups in total. The largest absolute Gasteiger partial charge is 0.313 e. The summed E-state index contributed by atoms with van der Waals surface area (Å²) in [4.78, 5) is 13.3. The minimum atomic E-state index is -1.04. The zero-order valence-corrected chi connectivity index (χ0v) is 17.4. The van der Waals surface area contributed by atoms with Crippen molar-refractivity contribution in [2.75, 3.05) is 5.43 Å². The maximum absolute atomic E-state index is 13.7. The smallest absolute Gasteiger partial charge is 0.210 e. The van der Waals surface area contributed by atoms with Crippen LogP contribution in [0, 0.1) is 11.6 Å². The number of benzene rings is 2. The molecule has 148 valence electrons. The van der Waals surface area contributed by atoms with Crippen LogP contribution in [0.15, 0.2) is 52.1 Å². The lowest BCUT2D eigenvalue weighted by Crippen LogP contribution is -2.39. The summed E-state index contributed by atoms with van der Waals surface area (Å²) in [6.07, 6.45) is 2.15. The van der Waals surface area contributed by atoms with Crippen molar-refractivity contribution >= 4 is 33.5 Å². The van der Waals surface area contributed by atoms with Gasteiger partial charge in [-0.3, -0.25) is 4.79 Å². The summed E-state index contributed by atoms with van der Waals surface area (Å²) in [5, 5.41) is 8.52. The molecule has 5 nitrogen and oxygen atoms in total. The van der Waals surface area contributed by atoms with Gasteiger partial charge in [0, 0.05) is 16.0 Å². The lowest BCUT2D eigenvalue weighted by atomic mass is 9.97. The van der Waals surface area contributed by atoms with Crippen LogP contribution in [0.25, 0.3) is 0 Å². The Morgan fingerprint density at radius 3 is 2.55 bits per heavy atom. The van der Waals surface area contributed by atoms with Crippen LogP contribution in [0.3, 0.4) is 0 Å². The molecular formula is C20H15BrF2N4OS. The molecule has 1 fully saturated rings. The summed E-state index contributed by atoms with van der Waals surface area (Å²) < 4.78 is 29.9. The fraction of sp³-hybridized carbons (Fsp3) is 0.250. The lowest BCUT2D eigenvalue weighted by Gasteiger charge is -2.33. The standard InChI is InChI=1S/C20H15BrF2N4OS/c21-13-6-3-10(4-7-13)16-18(17(28)12-5-8-14(22)15(23)9-12)29-20-25-24-19(11-1-2-11)27(20)26-16/h3-9,11,16,18,26H,1-2H2. The molecule has 0 bridgehead atoms. The summed E-state index contributed by atoms with van der Waals surface area (Å²) in [6, 6.07) is 10.5. The van der Waals surface area contributed by atoms with Crippen LogP contribution in [0.5, 0.6) is 0 Å². The normalized spacial score (nSPS) is 20.8. The predicted octanol–water partition coefficient (Wildman–Crippen LogP) is 4.84. The average molecular weight is 477 g/mol. The molecule has 0 radical (unpaired) electrons. The zero-order chi connectivity index (χ0) is 20.1. The molecule has 1 aliphatic carbocycles. The number of rotatable bonds is 4. The monoisotopic (exact) mass is 476 g/mol. The molecular weight excluding hydrogens is 462 g/mol. The van der Waals surface area contributed by atoms with Crippen molar-refractivity contribution in [1.82, 2.24) is 14.9 Å². The molecule has 2 atom stereocenters. The van der Waals surface area contributed by atoms with Crippen LogP contribution in [-0.4, -0.2) is 25.9 Å². The van der Waals surface area contributed by atoms with Crippen molar-refractivity contribution in [3.8, 4) is 0 Å². The molecule has 3 aromatic rings. The van der Waals surface area contributed by atoms with Gasteiger partial charge in [0.15, 0.2) is 23.2 Å². The Hall–Kier alpha value is -2.26. The molecule has 2 aromatic carbocycles. The topological polar surface area (TPSA) is 59.8 Å². The van der Waals surface area contributed by atoms with Crippen LogP contribution < -0.4 is 5.43 Å². The molecule has 5 rings (SSSR count). The molecule has 0 spiro atoms. The number of aromatic nitrogens is 3. The van der Waals surface area contributed by atoms with Gasteiger partial charge in [0.2, 0.25) is 5.16 Å². The summed E-state index contributed by atoms with van der Waals surface area (Å²) in [5.41, 5.74) is 4.43. The third-order valence-corrected chi connectivity index (χ3v) is 6.84. The lowest BCUT2D eigenvalue weighted by molar-refractivity contribution is 0.0979. The Labute approximate surface area is 178 Å². The van der Waals surface area contributed by atoms with E-state index in [0.717, 1.165) is 40.8 Å². The molecule has 0 saturated heterocycles. The number of Topliss-reactive ketones (excluding diaryl/α,β-unsaturated/α-hetero) is 1. The third kappa shape index (κ3) is 3.46. The highest BCUT2D eigenvalue weighted by molar-refractivity contribution is 9.10. The summed E-state index contributed by atoms with van der Waals surface area (Å²) in [5.74, 6) is -1.06. The van der Waals surface area contributed by atoms with E-state index < -0.39 is 16.9 Å². The minimum absolute atomic E-state index is 0.126. The van der Waals surface area contributed by atoms with E-state index in [1.807, 2.05) is 28.9 Å². The van der Waals surface area contributed by atoms with Crippen LogP contribution in [0.1, 0.15) is 46.5 Å². The zero-order valence-electron chi connectivity index (χ0n) is 15.0. The number of fused-ring (bicyclic) bond motifs is 1. The SMILES string of the molecule is O=C(c1ccc(F)c(F)c1)C1Sc2nnc(C3CC3)n2NC1c1ccc(Br)cc1. The highest BCUT2D eigenvalue weighted by Gasteiger charge is 2.40. The van der Waals surface area contributed by atoms with Crippen LogP contribution in [0.4, 0.5) is 8.78 Å². The Kier molecular flexibility index (Phi) is 4.66. The van der Waals surface area contributed by atoms with Crippen molar-refractivity contribution in [1.29, 1.82) is 0 Å². The van der Waals surface area contributed by atoms with Gasteiger partial charge in [-0.1, -0.05) is 39.8 Å². The molecule has 9 heteroatoms. The van der Waals surface area contributed by atoms with E-state index in [4.69, 9.17) is 0 Å². The van der Waals surface area contributed by atoms with E-state index in [9.17, 15) is 13.6 Å². The van der Waals surface area contributed by atoms with E-state index in [-0.39, 0.29) is 17.4 Å². The molecule has 1 aromatic heterocycles. The number of halogens is 3. The number of ketones is 1. The third-order valence-electron chi connectivity index (χ3n) is 5.10. The Balaban J connectivity index is 1.55. The molecule has 0 amide bonds. The van der Waals surface area contributed by atoms with E-state index in [1.54, 1.807) is 0 Å². The van der Waals surface area contributed by atoms with E-state index >= 15 is 0 Å². The van der Waals surface area contributed by atoms with E-state index in [1.165, 1.54) is 17.8 Å². The van der Waals surface area contributed by atoms with Gasteiger partial charge in [-0.05, 0) is 48.7 Å². The van der Waals surface area contributed by atoms with Gasteiger partial charge in [0.05, 0.1) is 6.04 Å². The molecule has 2 aliphatic rings. The molecule has 2 unspecified atom stereocenters. The number of carbonyl (C=O) groups is 1. The molecule has 2 heterocycles. The fourth-order valence-electron chi connectivity index (χ4n) is 3.41. The number of hydrogen-bond donors (Lipinski definition) is 1. The van der Waals surface area contributed by atoms with Gasteiger partial charge >= 0.3 is 0 Å². The van der Waals surface area contributed by atoms with Crippen molar-refractivity contribution in [3.05, 3.63) is 75.5 Å². The first-order chi connectivity index (χ1) is 14.0. The highest BCUT2D eigenvalue weighted by Crippen LogP contribution is 2.44. The number of nitrogens with zero attached hydrogens (tertiary/aromatic N) is 3. The number of carbonyl (C=O) groups excluding carboxylic acids is 1.